The first kappa shape index (κ1) is 16.8. The minimum atomic E-state index is -0.792. The van der Waals surface area contributed by atoms with Crippen molar-refractivity contribution in [2.75, 3.05) is 6.61 Å². The van der Waals surface area contributed by atoms with Crippen LogP contribution in [0.15, 0.2) is 0 Å². The quantitative estimate of drug-likeness (QED) is 0.756. The van der Waals surface area contributed by atoms with Gasteiger partial charge in [-0.2, -0.15) is 5.26 Å². The van der Waals surface area contributed by atoms with Crippen molar-refractivity contribution in [2.24, 2.45) is 17.3 Å². The molecule has 5 aliphatic rings. The standard InChI is InChI=1S/C19H26N2O4/c20-12-18(3-1-2-4-18)21-15(22)10-25-16(23)17-6-13-5-14(7-17)9-19(24,8-13)11-17/h13-14,24H,1-11H2,(H,21,22)/t13-,14-,17?,19?/m0/s1. The molecule has 5 fully saturated rings. The van der Waals surface area contributed by atoms with Gasteiger partial charge in [0, 0.05) is 0 Å². The van der Waals surface area contributed by atoms with Gasteiger partial charge in [-0.3, -0.25) is 9.59 Å². The molecular formula is C19H26N2O4. The summed E-state index contributed by atoms with van der Waals surface area (Å²) in [6.45, 7) is -0.336. The minimum absolute atomic E-state index is 0.336. The zero-order valence-electron chi connectivity index (χ0n) is 14.6. The Morgan fingerprint density at radius 3 is 2.36 bits per heavy atom. The van der Waals surface area contributed by atoms with Gasteiger partial charge in [0.1, 0.15) is 5.54 Å². The first-order valence-corrected chi connectivity index (χ1v) is 9.48. The van der Waals surface area contributed by atoms with E-state index in [1.54, 1.807) is 0 Å². The maximum Gasteiger partial charge on any atom is 0.312 e. The van der Waals surface area contributed by atoms with E-state index in [1.165, 1.54) is 0 Å². The smallest absolute Gasteiger partial charge is 0.312 e. The molecule has 4 bridgehead atoms. The fourth-order valence-electron chi connectivity index (χ4n) is 6.28. The Kier molecular flexibility index (Phi) is 3.84. The van der Waals surface area contributed by atoms with Gasteiger partial charge in [0.15, 0.2) is 6.61 Å². The highest BCUT2D eigenvalue weighted by Gasteiger charge is 2.61. The van der Waals surface area contributed by atoms with Crippen molar-refractivity contribution in [3.05, 3.63) is 0 Å². The lowest BCUT2D eigenvalue weighted by Crippen LogP contribution is -2.58. The molecular weight excluding hydrogens is 320 g/mol. The summed E-state index contributed by atoms with van der Waals surface area (Å²) in [5, 5.41) is 22.8. The molecule has 6 nitrogen and oxygen atoms in total. The number of amides is 1. The second-order valence-corrected chi connectivity index (χ2v) is 8.99. The molecule has 5 rings (SSSR count). The molecule has 2 atom stereocenters. The first-order chi connectivity index (χ1) is 11.9. The van der Waals surface area contributed by atoms with Crippen molar-refractivity contribution < 1.29 is 19.4 Å². The van der Waals surface area contributed by atoms with E-state index in [0.717, 1.165) is 44.9 Å². The summed E-state index contributed by atoms with van der Waals surface area (Å²) in [7, 11) is 0. The van der Waals surface area contributed by atoms with E-state index in [1.807, 2.05) is 0 Å². The molecule has 0 heterocycles. The highest BCUT2D eigenvalue weighted by Crippen LogP contribution is 2.61. The Morgan fingerprint density at radius 1 is 1.16 bits per heavy atom. The van der Waals surface area contributed by atoms with E-state index >= 15 is 0 Å². The van der Waals surface area contributed by atoms with Crippen molar-refractivity contribution in [2.45, 2.75) is 75.3 Å². The molecule has 136 valence electrons. The molecule has 25 heavy (non-hydrogen) atoms. The summed E-state index contributed by atoms with van der Waals surface area (Å²) in [4.78, 5) is 24.9. The normalized spacial score (nSPS) is 40.5. The third-order valence-electron chi connectivity index (χ3n) is 6.85. The number of rotatable bonds is 4. The van der Waals surface area contributed by atoms with Gasteiger partial charge in [0.05, 0.1) is 17.1 Å². The number of aliphatic hydroxyl groups is 1. The van der Waals surface area contributed by atoms with Crippen molar-refractivity contribution in [1.82, 2.24) is 5.32 Å². The number of nitrogens with one attached hydrogen (secondary N) is 1. The van der Waals surface area contributed by atoms with E-state index in [4.69, 9.17) is 4.74 Å². The molecule has 0 radical (unpaired) electrons. The van der Waals surface area contributed by atoms with E-state index in [2.05, 4.69) is 11.4 Å². The van der Waals surface area contributed by atoms with Crippen molar-refractivity contribution in [3.8, 4) is 6.07 Å². The van der Waals surface area contributed by atoms with E-state index in [-0.39, 0.29) is 12.6 Å². The second-order valence-electron chi connectivity index (χ2n) is 8.99. The van der Waals surface area contributed by atoms with Gasteiger partial charge in [0.25, 0.3) is 5.91 Å². The number of hydrogen-bond acceptors (Lipinski definition) is 5. The fourth-order valence-corrected chi connectivity index (χ4v) is 6.28. The summed E-state index contributed by atoms with van der Waals surface area (Å²) < 4.78 is 5.36. The molecule has 0 saturated heterocycles. The van der Waals surface area contributed by atoms with Crippen molar-refractivity contribution >= 4 is 11.9 Å². The second kappa shape index (κ2) is 5.70. The van der Waals surface area contributed by atoms with Crippen LogP contribution in [0.25, 0.3) is 0 Å². The number of nitrogens with zero attached hydrogens (tertiary/aromatic N) is 1. The van der Waals surface area contributed by atoms with Crippen LogP contribution in [-0.4, -0.2) is 34.7 Å². The first-order valence-electron chi connectivity index (χ1n) is 9.48. The lowest BCUT2D eigenvalue weighted by molar-refractivity contribution is -0.196. The average molecular weight is 346 g/mol. The average Bonchev–Trinajstić information content (AvgIpc) is 2.99. The van der Waals surface area contributed by atoms with Crippen LogP contribution in [0.2, 0.25) is 0 Å². The third-order valence-corrected chi connectivity index (χ3v) is 6.85. The summed E-state index contributed by atoms with van der Waals surface area (Å²) in [6.07, 6.45) is 7.87. The van der Waals surface area contributed by atoms with Crippen LogP contribution in [0.4, 0.5) is 0 Å². The molecule has 0 aromatic heterocycles. The van der Waals surface area contributed by atoms with Crippen molar-refractivity contribution in [3.63, 3.8) is 0 Å². The van der Waals surface area contributed by atoms with Gasteiger partial charge in [-0.05, 0) is 76.0 Å². The molecule has 5 saturated carbocycles. The molecule has 6 heteroatoms. The van der Waals surface area contributed by atoms with Crippen LogP contribution in [-0.2, 0) is 14.3 Å². The van der Waals surface area contributed by atoms with Gasteiger partial charge < -0.3 is 15.2 Å². The fraction of sp³-hybridized carbons (Fsp3) is 0.842. The number of carbonyl (C=O) groups is 2. The Bertz CT molecular complexity index is 618. The Hall–Kier alpha value is -1.61. The minimum Gasteiger partial charge on any atom is -0.455 e. The topological polar surface area (TPSA) is 99.4 Å². The largest absolute Gasteiger partial charge is 0.455 e. The number of ether oxygens (including phenoxy) is 1. The zero-order chi connectivity index (χ0) is 17.7. The van der Waals surface area contributed by atoms with E-state index < -0.39 is 22.5 Å². The highest BCUT2D eigenvalue weighted by atomic mass is 16.5. The summed E-state index contributed by atoms with van der Waals surface area (Å²) in [5.41, 5.74) is -2.13. The van der Waals surface area contributed by atoms with Crippen LogP contribution in [0.1, 0.15) is 64.2 Å². The van der Waals surface area contributed by atoms with Crippen LogP contribution in [0.3, 0.4) is 0 Å². The van der Waals surface area contributed by atoms with Crippen molar-refractivity contribution in [1.29, 1.82) is 5.26 Å². The maximum atomic E-state index is 12.8. The van der Waals surface area contributed by atoms with Gasteiger partial charge in [0.2, 0.25) is 0 Å². The molecule has 0 unspecified atom stereocenters. The highest BCUT2D eigenvalue weighted by molar-refractivity contribution is 5.84. The van der Waals surface area contributed by atoms with Gasteiger partial charge in [-0.25, -0.2) is 0 Å². The van der Waals surface area contributed by atoms with E-state index in [0.29, 0.717) is 31.1 Å². The van der Waals surface area contributed by atoms with Crippen LogP contribution >= 0.6 is 0 Å². The molecule has 0 aliphatic heterocycles. The third kappa shape index (κ3) is 2.93. The number of esters is 1. The summed E-state index contributed by atoms with van der Waals surface area (Å²) >= 11 is 0. The molecule has 1 amide bonds. The lowest BCUT2D eigenvalue weighted by atomic mass is 9.48. The molecule has 5 aliphatic carbocycles. The SMILES string of the molecule is N#CC1(NC(=O)COC(=O)C23C[C@@H]4C[C@H](CC(O)(C4)C2)C3)CCCC1. The molecule has 0 aromatic rings. The summed E-state index contributed by atoms with van der Waals surface area (Å²) in [5.74, 6) is 0.0498. The Labute approximate surface area is 147 Å². The predicted octanol–water partition coefficient (Wildman–Crippen LogP) is 1.81. The molecule has 2 N–H and O–H groups in total. The summed E-state index contributed by atoms with van der Waals surface area (Å²) in [6, 6.07) is 2.20. The monoisotopic (exact) mass is 346 g/mol. The number of nitriles is 1. The molecule has 0 aromatic carbocycles. The van der Waals surface area contributed by atoms with Crippen LogP contribution < -0.4 is 5.32 Å². The Morgan fingerprint density at radius 2 is 1.80 bits per heavy atom. The molecule has 0 spiro atoms. The lowest BCUT2D eigenvalue weighted by Gasteiger charge is -2.58. The number of carbonyl (C=O) groups excluding carboxylic acids is 2. The van der Waals surface area contributed by atoms with Crippen LogP contribution in [0.5, 0.6) is 0 Å². The van der Waals surface area contributed by atoms with Gasteiger partial charge >= 0.3 is 5.97 Å². The van der Waals surface area contributed by atoms with E-state index in [9.17, 15) is 20.0 Å². The Balaban J connectivity index is 1.36. The van der Waals surface area contributed by atoms with Gasteiger partial charge in [-0.15, -0.1) is 0 Å². The van der Waals surface area contributed by atoms with Gasteiger partial charge in [-0.1, -0.05) is 0 Å². The zero-order valence-corrected chi connectivity index (χ0v) is 14.6. The van der Waals surface area contributed by atoms with Crippen LogP contribution in [0, 0.1) is 28.6 Å². The maximum absolute atomic E-state index is 12.8. The number of hydrogen-bond donors (Lipinski definition) is 2. The predicted molar refractivity (Wildman–Crippen MR) is 88.0 cm³/mol.